The van der Waals surface area contributed by atoms with Crippen LogP contribution in [0.3, 0.4) is 0 Å². The van der Waals surface area contributed by atoms with E-state index in [4.69, 9.17) is 10.5 Å². The predicted molar refractivity (Wildman–Crippen MR) is 95.0 cm³/mol. The molecule has 24 heavy (non-hydrogen) atoms. The minimum absolute atomic E-state index is 0.0534. The van der Waals surface area contributed by atoms with Crippen LogP contribution in [-0.4, -0.2) is 27.7 Å². The van der Waals surface area contributed by atoms with Gasteiger partial charge in [-0.25, -0.2) is 13.1 Å². The van der Waals surface area contributed by atoms with Crippen LogP contribution in [0.1, 0.15) is 49.8 Å². The highest BCUT2D eigenvalue weighted by Crippen LogP contribution is 2.32. The van der Waals surface area contributed by atoms with Gasteiger partial charge in [-0.05, 0) is 61.8 Å². The molecule has 3 rings (SSSR count). The molecule has 0 unspecified atom stereocenters. The van der Waals surface area contributed by atoms with E-state index in [9.17, 15) is 8.42 Å². The summed E-state index contributed by atoms with van der Waals surface area (Å²) >= 11 is 0. The predicted octanol–water partition coefficient (Wildman–Crippen LogP) is 2.59. The largest absolute Gasteiger partial charge is 0.381 e. The van der Waals surface area contributed by atoms with Crippen LogP contribution in [0, 0.1) is 5.92 Å². The topological polar surface area (TPSA) is 81.4 Å². The number of hydrogen-bond acceptors (Lipinski definition) is 4. The summed E-state index contributed by atoms with van der Waals surface area (Å²) in [4.78, 5) is 0.300. The first-order valence-corrected chi connectivity index (χ1v) is 10.1. The Bertz CT molecular complexity index is 703. The van der Waals surface area contributed by atoms with Crippen molar-refractivity contribution in [2.75, 3.05) is 13.2 Å². The number of sulfonamides is 1. The lowest BCUT2D eigenvalue weighted by Crippen LogP contribution is -2.38. The van der Waals surface area contributed by atoms with Gasteiger partial charge in [-0.2, -0.15) is 0 Å². The molecule has 5 nitrogen and oxygen atoms in total. The second-order valence-corrected chi connectivity index (χ2v) is 8.50. The Kier molecular flexibility index (Phi) is 5.39. The van der Waals surface area contributed by atoms with E-state index in [1.54, 1.807) is 12.1 Å². The Labute approximate surface area is 144 Å². The SMILES string of the molecule is C[C@H](N)c1ccc(S(=O)(=O)NC2CCOCC2)cc1/C=C/C1CC1. The number of benzene rings is 1. The van der Waals surface area contributed by atoms with Gasteiger partial charge in [-0.15, -0.1) is 0 Å². The number of nitrogens with one attached hydrogen (secondary N) is 1. The first kappa shape index (κ1) is 17.6. The number of nitrogens with two attached hydrogens (primary N) is 1. The van der Waals surface area contributed by atoms with Gasteiger partial charge in [0.2, 0.25) is 10.0 Å². The first-order valence-electron chi connectivity index (χ1n) is 8.63. The van der Waals surface area contributed by atoms with Crippen LogP contribution in [0.2, 0.25) is 0 Å². The van der Waals surface area contributed by atoms with Crippen LogP contribution >= 0.6 is 0 Å². The quantitative estimate of drug-likeness (QED) is 0.826. The highest BCUT2D eigenvalue weighted by molar-refractivity contribution is 7.89. The smallest absolute Gasteiger partial charge is 0.240 e. The lowest BCUT2D eigenvalue weighted by Gasteiger charge is -2.23. The Balaban J connectivity index is 1.84. The lowest BCUT2D eigenvalue weighted by atomic mass is 10.0. The zero-order valence-electron chi connectivity index (χ0n) is 14.1. The Morgan fingerprint density at radius 3 is 2.58 bits per heavy atom. The fourth-order valence-electron chi connectivity index (χ4n) is 2.91. The third kappa shape index (κ3) is 4.45. The van der Waals surface area contributed by atoms with Crippen molar-refractivity contribution in [1.82, 2.24) is 4.72 Å². The molecule has 6 heteroatoms. The average molecular weight is 350 g/mol. The third-order valence-corrected chi connectivity index (χ3v) is 6.09. The molecule has 132 valence electrons. The lowest BCUT2D eigenvalue weighted by molar-refractivity contribution is 0.0832. The van der Waals surface area contributed by atoms with Crippen molar-refractivity contribution in [2.45, 2.75) is 49.6 Å². The van der Waals surface area contributed by atoms with Gasteiger partial charge in [-0.3, -0.25) is 0 Å². The number of allylic oxidation sites excluding steroid dienone is 1. The summed E-state index contributed by atoms with van der Waals surface area (Å²) in [6.07, 6.45) is 8.03. The monoisotopic (exact) mass is 350 g/mol. The van der Waals surface area contributed by atoms with Crippen molar-refractivity contribution in [2.24, 2.45) is 11.7 Å². The normalized spacial score (nSPS) is 21.2. The third-order valence-electron chi connectivity index (χ3n) is 4.57. The summed E-state index contributed by atoms with van der Waals surface area (Å²) in [5, 5.41) is 0. The maximum atomic E-state index is 12.7. The van der Waals surface area contributed by atoms with Gasteiger partial charge < -0.3 is 10.5 Å². The van der Waals surface area contributed by atoms with Crippen LogP contribution in [0.4, 0.5) is 0 Å². The zero-order valence-corrected chi connectivity index (χ0v) is 14.9. The van der Waals surface area contributed by atoms with Crippen molar-refractivity contribution < 1.29 is 13.2 Å². The highest BCUT2D eigenvalue weighted by atomic mass is 32.2. The molecular formula is C18H26N2O3S. The molecule has 1 aliphatic carbocycles. The molecule has 3 N–H and O–H groups in total. The Morgan fingerprint density at radius 2 is 1.96 bits per heavy atom. The number of rotatable bonds is 6. The molecular weight excluding hydrogens is 324 g/mol. The van der Waals surface area contributed by atoms with Crippen molar-refractivity contribution in [3.63, 3.8) is 0 Å². The van der Waals surface area contributed by atoms with E-state index in [-0.39, 0.29) is 12.1 Å². The standard InChI is InChI=1S/C18H26N2O3S/c1-13(19)18-7-6-17(12-15(18)5-4-14-2-3-14)24(21,22)20-16-8-10-23-11-9-16/h4-7,12-14,16,20H,2-3,8-11,19H2,1H3/b5-4+/t13-/m0/s1. The van der Waals surface area contributed by atoms with E-state index in [1.165, 1.54) is 12.8 Å². The average Bonchev–Trinajstić information content (AvgIpc) is 3.37. The number of ether oxygens (including phenoxy) is 1. The van der Waals surface area contributed by atoms with Gasteiger partial charge in [0.15, 0.2) is 0 Å². The van der Waals surface area contributed by atoms with E-state index in [0.717, 1.165) is 11.1 Å². The van der Waals surface area contributed by atoms with E-state index in [1.807, 2.05) is 19.1 Å². The van der Waals surface area contributed by atoms with Crippen molar-refractivity contribution in [3.8, 4) is 0 Å². The summed E-state index contributed by atoms with van der Waals surface area (Å²) in [7, 11) is -3.53. The van der Waals surface area contributed by atoms with Crippen LogP contribution in [0.5, 0.6) is 0 Å². The van der Waals surface area contributed by atoms with Gasteiger partial charge >= 0.3 is 0 Å². The molecule has 1 aromatic rings. The summed E-state index contributed by atoms with van der Waals surface area (Å²) in [5.41, 5.74) is 7.90. The number of hydrogen-bond donors (Lipinski definition) is 2. The summed E-state index contributed by atoms with van der Waals surface area (Å²) in [6.45, 7) is 3.12. The zero-order chi connectivity index (χ0) is 17.2. The van der Waals surface area contributed by atoms with E-state index < -0.39 is 10.0 Å². The van der Waals surface area contributed by atoms with E-state index in [2.05, 4.69) is 10.8 Å². The fraction of sp³-hybridized carbons (Fsp3) is 0.556. The molecule has 2 fully saturated rings. The maximum Gasteiger partial charge on any atom is 0.240 e. The van der Waals surface area contributed by atoms with Gasteiger partial charge in [0.25, 0.3) is 0 Å². The second kappa shape index (κ2) is 7.35. The van der Waals surface area contributed by atoms with E-state index in [0.29, 0.717) is 36.9 Å². The molecule has 1 aromatic carbocycles. The van der Waals surface area contributed by atoms with Gasteiger partial charge in [0.05, 0.1) is 4.90 Å². The molecule has 1 saturated carbocycles. The van der Waals surface area contributed by atoms with Crippen LogP contribution in [0.25, 0.3) is 6.08 Å². The van der Waals surface area contributed by atoms with Crippen LogP contribution in [0.15, 0.2) is 29.2 Å². The molecule has 0 bridgehead atoms. The summed E-state index contributed by atoms with van der Waals surface area (Å²) in [5.74, 6) is 0.631. The molecule has 2 aliphatic rings. The van der Waals surface area contributed by atoms with E-state index >= 15 is 0 Å². The maximum absolute atomic E-state index is 12.7. The van der Waals surface area contributed by atoms with Gasteiger partial charge in [0, 0.05) is 25.3 Å². The Hall–Kier alpha value is -1.21. The van der Waals surface area contributed by atoms with Crippen molar-refractivity contribution in [3.05, 3.63) is 35.4 Å². The second-order valence-electron chi connectivity index (χ2n) is 6.78. The molecule has 0 aromatic heterocycles. The van der Waals surface area contributed by atoms with Crippen LogP contribution < -0.4 is 10.5 Å². The minimum atomic E-state index is -3.53. The first-order chi connectivity index (χ1) is 11.5. The molecule has 0 radical (unpaired) electrons. The van der Waals surface area contributed by atoms with Crippen LogP contribution in [-0.2, 0) is 14.8 Å². The molecule has 0 spiro atoms. The summed E-state index contributed by atoms with van der Waals surface area (Å²) < 4.78 is 33.4. The summed E-state index contributed by atoms with van der Waals surface area (Å²) in [6, 6.07) is 5.02. The Morgan fingerprint density at radius 1 is 1.25 bits per heavy atom. The molecule has 1 aliphatic heterocycles. The molecule has 0 amide bonds. The highest BCUT2D eigenvalue weighted by Gasteiger charge is 2.23. The van der Waals surface area contributed by atoms with Gasteiger partial charge in [-0.1, -0.05) is 18.2 Å². The van der Waals surface area contributed by atoms with Crippen molar-refractivity contribution in [1.29, 1.82) is 0 Å². The molecule has 1 atom stereocenters. The molecule has 1 heterocycles. The van der Waals surface area contributed by atoms with Gasteiger partial charge in [0.1, 0.15) is 0 Å². The molecule has 1 saturated heterocycles. The minimum Gasteiger partial charge on any atom is -0.381 e. The fourth-order valence-corrected chi connectivity index (χ4v) is 4.25. The van der Waals surface area contributed by atoms with Crippen molar-refractivity contribution >= 4 is 16.1 Å².